The van der Waals surface area contributed by atoms with Gasteiger partial charge in [0, 0.05) is 30.6 Å². The monoisotopic (exact) mass is 256 g/mol. The van der Waals surface area contributed by atoms with Gasteiger partial charge in [0.1, 0.15) is 0 Å². The predicted molar refractivity (Wildman–Crippen MR) is 67.9 cm³/mol. The standard InChI is InChI=1S/C12H14F2N2S/c13-9-1-2-10-12(11(9)14)16-5-6-17-7-8(16)3-4-15-10/h1-2,8,15H,3-7H2. The first-order chi connectivity index (χ1) is 8.27. The minimum absolute atomic E-state index is 0.318. The van der Waals surface area contributed by atoms with Crippen LogP contribution in [-0.2, 0) is 0 Å². The summed E-state index contributed by atoms with van der Waals surface area (Å²) in [6, 6.07) is 3.15. The van der Waals surface area contributed by atoms with Gasteiger partial charge in [-0.15, -0.1) is 0 Å². The van der Waals surface area contributed by atoms with Crippen molar-refractivity contribution in [1.29, 1.82) is 0 Å². The molecule has 92 valence electrons. The van der Waals surface area contributed by atoms with E-state index in [0.717, 1.165) is 36.7 Å². The summed E-state index contributed by atoms with van der Waals surface area (Å²) in [5, 5.41) is 3.19. The van der Waals surface area contributed by atoms with Crippen molar-refractivity contribution < 1.29 is 8.78 Å². The Bertz CT molecular complexity index is 439. The third kappa shape index (κ3) is 1.86. The average molecular weight is 256 g/mol. The van der Waals surface area contributed by atoms with Crippen LogP contribution in [0.25, 0.3) is 0 Å². The molecule has 1 aromatic carbocycles. The van der Waals surface area contributed by atoms with Crippen molar-refractivity contribution in [1.82, 2.24) is 0 Å². The molecule has 2 nitrogen and oxygen atoms in total. The highest BCUT2D eigenvalue weighted by atomic mass is 32.2. The Morgan fingerprint density at radius 3 is 3.12 bits per heavy atom. The van der Waals surface area contributed by atoms with Crippen molar-refractivity contribution in [2.24, 2.45) is 0 Å². The van der Waals surface area contributed by atoms with Gasteiger partial charge >= 0.3 is 0 Å². The first-order valence-electron chi connectivity index (χ1n) is 5.83. The second kappa shape index (κ2) is 4.37. The number of halogens is 2. The number of anilines is 2. The fourth-order valence-electron chi connectivity index (χ4n) is 2.53. The average Bonchev–Trinajstić information content (AvgIpc) is 2.53. The maximum atomic E-state index is 14.0. The van der Waals surface area contributed by atoms with E-state index in [1.807, 2.05) is 16.7 Å². The van der Waals surface area contributed by atoms with E-state index in [-0.39, 0.29) is 0 Å². The number of rotatable bonds is 0. The minimum Gasteiger partial charge on any atom is -0.383 e. The number of hydrogen-bond donors (Lipinski definition) is 1. The van der Waals surface area contributed by atoms with Crippen molar-refractivity contribution in [2.75, 3.05) is 34.8 Å². The molecule has 0 saturated carbocycles. The van der Waals surface area contributed by atoms with E-state index in [1.54, 1.807) is 6.07 Å². The predicted octanol–water partition coefficient (Wildman–Crippen LogP) is 2.70. The quantitative estimate of drug-likeness (QED) is 0.768. The summed E-state index contributed by atoms with van der Waals surface area (Å²) in [6.45, 7) is 1.62. The van der Waals surface area contributed by atoms with Gasteiger partial charge in [-0.05, 0) is 18.6 Å². The van der Waals surface area contributed by atoms with Crippen LogP contribution in [0.3, 0.4) is 0 Å². The van der Waals surface area contributed by atoms with Gasteiger partial charge in [-0.25, -0.2) is 8.78 Å². The van der Waals surface area contributed by atoms with Crippen LogP contribution >= 0.6 is 11.8 Å². The maximum absolute atomic E-state index is 14.0. The molecular weight excluding hydrogens is 242 g/mol. The molecule has 2 heterocycles. The molecule has 5 heteroatoms. The number of nitrogens with zero attached hydrogens (tertiary/aromatic N) is 1. The molecule has 1 N–H and O–H groups in total. The Morgan fingerprint density at radius 2 is 2.24 bits per heavy atom. The lowest BCUT2D eigenvalue weighted by atomic mass is 10.1. The lowest BCUT2D eigenvalue weighted by Crippen LogP contribution is -2.42. The van der Waals surface area contributed by atoms with E-state index in [4.69, 9.17) is 0 Å². The van der Waals surface area contributed by atoms with Gasteiger partial charge in [0.15, 0.2) is 11.6 Å². The molecule has 1 atom stereocenters. The second-order valence-electron chi connectivity index (χ2n) is 4.40. The molecule has 0 aliphatic carbocycles. The molecule has 1 aromatic rings. The van der Waals surface area contributed by atoms with Gasteiger partial charge < -0.3 is 10.2 Å². The van der Waals surface area contributed by atoms with Crippen molar-refractivity contribution in [3.8, 4) is 0 Å². The van der Waals surface area contributed by atoms with Gasteiger partial charge in [0.25, 0.3) is 0 Å². The van der Waals surface area contributed by atoms with Gasteiger partial charge in [-0.2, -0.15) is 11.8 Å². The van der Waals surface area contributed by atoms with Gasteiger partial charge in [-0.3, -0.25) is 0 Å². The molecule has 1 fully saturated rings. The number of hydrogen-bond acceptors (Lipinski definition) is 3. The maximum Gasteiger partial charge on any atom is 0.184 e. The van der Waals surface area contributed by atoms with Crippen LogP contribution in [0.5, 0.6) is 0 Å². The summed E-state index contributed by atoms with van der Waals surface area (Å²) in [5.74, 6) is 0.501. The van der Waals surface area contributed by atoms with E-state index < -0.39 is 11.6 Å². The van der Waals surface area contributed by atoms with Crippen molar-refractivity contribution in [3.63, 3.8) is 0 Å². The van der Waals surface area contributed by atoms with Crippen LogP contribution in [0.15, 0.2) is 12.1 Å². The Labute approximate surface area is 103 Å². The van der Waals surface area contributed by atoms with Crippen LogP contribution < -0.4 is 10.2 Å². The normalized spacial score (nSPS) is 23.4. The Hall–Kier alpha value is -0.970. The van der Waals surface area contributed by atoms with E-state index in [2.05, 4.69) is 5.32 Å². The molecule has 2 aliphatic heterocycles. The Morgan fingerprint density at radius 1 is 1.35 bits per heavy atom. The van der Waals surface area contributed by atoms with E-state index in [0.29, 0.717) is 11.7 Å². The highest BCUT2D eigenvalue weighted by Crippen LogP contribution is 2.37. The van der Waals surface area contributed by atoms with Gasteiger partial charge in [0.05, 0.1) is 11.4 Å². The second-order valence-corrected chi connectivity index (χ2v) is 5.54. The van der Waals surface area contributed by atoms with Gasteiger partial charge in [-0.1, -0.05) is 0 Å². The zero-order valence-corrected chi connectivity index (χ0v) is 10.2. The smallest absolute Gasteiger partial charge is 0.184 e. The Kier molecular flexibility index (Phi) is 2.86. The van der Waals surface area contributed by atoms with Gasteiger partial charge in [0.2, 0.25) is 0 Å². The molecule has 0 bridgehead atoms. The molecule has 0 spiro atoms. The summed E-state index contributed by atoms with van der Waals surface area (Å²) in [5.41, 5.74) is 1.14. The fraction of sp³-hybridized carbons (Fsp3) is 0.500. The van der Waals surface area contributed by atoms with Crippen molar-refractivity contribution in [2.45, 2.75) is 12.5 Å². The topological polar surface area (TPSA) is 15.3 Å². The number of fused-ring (bicyclic) bond motifs is 3. The van der Waals surface area contributed by atoms with E-state index in [9.17, 15) is 8.78 Å². The molecule has 0 amide bonds. The van der Waals surface area contributed by atoms with Crippen LogP contribution in [0.1, 0.15) is 6.42 Å². The fourth-order valence-corrected chi connectivity index (χ4v) is 3.64. The third-order valence-electron chi connectivity index (χ3n) is 3.38. The molecule has 1 saturated heterocycles. The molecule has 0 aromatic heterocycles. The largest absolute Gasteiger partial charge is 0.383 e. The summed E-state index contributed by atoms with van der Waals surface area (Å²) in [6.07, 6.45) is 0.975. The number of thioether (sulfide) groups is 1. The summed E-state index contributed by atoms with van der Waals surface area (Å²) in [7, 11) is 0. The molecule has 0 radical (unpaired) electrons. The third-order valence-corrected chi connectivity index (χ3v) is 4.47. The van der Waals surface area contributed by atoms with Crippen LogP contribution in [0, 0.1) is 11.6 Å². The lowest BCUT2D eigenvalue weighted by molar-refractivity contribution is 0.502. The lowest BCUT2D eigenvalue weighted by Gasteiger charge is -2.36. The summed E-state index contributed by atoms with van der Waals surface area (Å²) < 4.78 is 27.3. The first kappa shape index (κ1) is 11.1. The van der Waals surface area contributed by atoms with Crippen LogP contribution in [0.4, 0.5) is 20.2 Å². The Balaban J connectivity index is 2.09. The highest BCUT2D eigenvalue weighted by Gasteiger charge is 2.30. The summed E-state index contributed by atoms with van der Waals surface area (Å²) >= 11 is 1.89. The molecule has 2 aliphatic rings. The zero-order chi connectivity index (χ0) is 11.8. The van der Waals surface area contributed by atoms with Crippen molar-refractivity contribution >= 4 is 23.1 Å². The summed E-state index contributed by atoms with van der Waals surface area (Å²) in [4.78, 5) is 2.03. The first-order valence-corrected chi connectivity index (χ1v) is 6.99. The zero-order valence-electron chi connectivity index (χ0n) is 9.38. The molecule has 17 heavy (non-hydrogen) atoms. The SMILES string of the molecule is Fc1ccc2c(c1F)N1CCSCC1CCN2. The van der Waals surface area contributed by atoms with Crippen LogP contribution in [-0.4, -0.2) is 30.6 Å². The van der Waals surface area contributed by atoms with E-state index >= 15 is 0 Å². The van der Waals surface area contributed by atoms with E-state index in [1.165, 1.54) is 6.07 Å². The minimum atomic E-state index is -0.760. The number of nitrogens with one attached hydrogen (secondary N) is 1. The molecule has 1 unspecified atom stereocenters. The van der Waals surface area contributed by atoms with Crippen LogP contribution in [0.2, 0.25) is 0 Å². The highest BCUT2D eigenvalue weighted by molar-refractivity contribution is 7.99. The number of benzene rings is 1. The molecule has 3 rings (SSSR count). The van der Waals surface area contributed by atoms with Crippen molar-refractivity contribution in [3.05, 3.63) is 23.8 Å². The molecular formula is C12H14F2N2S.